The van der Waals surface area contributed by atoms with Gasteiger partial charge in [0.15, 0.2) is 0 Å². The van der Waals surface area contributed by atoms with Crippen LogP contribution in [0.15, 0.2) is 12.3 Å². The third kappa shape index (κ3) is 3.34. The fraction of sp³-hybridized carbons (Fsp3) is 0.636. The van der Waals surface area contributed by atoms with E-state index in [4.69, 9.17) is 0 Å². The summed E-state index contributed by atoms with van der Waals surface area (Å²) in [6, 6.07) is 1.78. The second-order valence-electron chi connectivity index (χ2n) is 3.64. The highest BCUT2D eigenvalue weighted by molar-refractivity contribution is 5.81. The predicted molar refractivity (Wildman–Crippen MR) is 62.9 cm³/mol. The summed E-state index contributed by atoms with van der Waals surface area (Å²) >= 11 is 0. The first kappa shape index (κ1) is 12.7. The summed E-state index contributed by atoms with van der Waals surface area (Å²) in [7, 11) is 0. The number of nitrogens with one attached hydrogen (secondary N) is 2. The largest absolute Gasteiger partial charge is 0.355 e. The Bertz CT molecular complexity index is 334. The molecule has 2 N–H and O–H groups in total. The maximum atomic E-state index is 11.5. The number of carbonyl (C=O) groups excluding carboxylic acids is 1. The Balaban J connectivity index is 2.42. The predicted octanol–water partition coefficient (Wildman–Crippen LogP) is 0.517. The molecule has 0 saturated heterocycles. The quantitative estimate of drug-likeness (QED) is 0.740. The van der Waals surface area contributed by atoms with E-state index in [1.807, 2.05) is 31.5 Å². The number of hydrogen-bond acceptors (Lipinski definition) is 3. The first-order valence-electron chi connectivity index (χ1n) is 5.70. The monoisotopic (exact) mass is 224 g/mol. The van der Waals surface area contributed by atoms with Crippen molar-refractivity contribution in [2.45, 2.75) is 39.9 Å². The summed E-state index contributed by atoms with van der Waals surface area (Å²) in [5, 5.41) is 10.1. The first-order valence-corrected chi connectivity index (χ1v) is 5.70. The SMILES string of the molecule is CCNC(=O)C(C)NCc1ccnn1CC. The van der Waals surface area contributed by atoms with E-state index in [2.05, 4.69) is 15.7 Å². The van der Waals surface area contributed by atoms with E-state index in [1.165, 1.54) is 0 Å². The van der Waals surface area contributed by atoms with Crippen molar-refractivity contribution < 1.29 is 4.79 Å². The third-order valence-electron chi connectivity index (χ3n) is 2.44. The lowest BCUT2D eigenvalue weighted by Crippen LogP contribution is -2.41. The van der Waals surface area contributed by atoms with Gasteiger partial charge in [-0.1, -0.05) is 0 Å². The van der Waals surface area contributed by atoms with E-state index >= 15 is 0 Å². The van der Waals surface area contributed by atoms with E-state index in [1.54, 1.807) is 6.20 Å². The zero-order chi connectivity index (χ0) is 12.0. The molecule has 1 unspecified atom stereocenters. The topological polar surface area (TPSA) is 59.0 Å². The van der Waals surface area contributed by atoms with Crippen LogP contribution in [-0.2, 0) is 17.9 Å². The van der Waals surface area contributed by atoms with Crippen molar-refractivity contribution in [3.8, 4) is 0 Å². The van der Waals surface area contributed by atoms with Gasteiger partial charge >= 0.3 is 0 Å². The van der Waals surface area contributed by atoms with Gasteiger partial charge in [-0.3, -0.25) is 9.48 Å². The van der Waals surface area contributed by atoms with Crippen LogP contribution in [-0.4, -0.2) is 28.3 Å². The van der Waals surface area contributed by atoms with Crippen LogP contribution in [0.2, 0.25) is 0 Å². The van der Waals surface area contributed by atoms with Gasteiger partial charge in [-0.05, 0) is 26.8 Å². The molecule has 0 bridgehead atoms. The first-order chi connectivity index (χ1) is 7.69. The molecule has 0 aliphatic carbocycles. The molecule has 0 aliphatic rings. The molecule has 1 heterocycles. The second-order valence-corrected chi connectivity index (χ2v) is 3.64. The number of aromatic nitrogens is 2. The molecule has 1 amide bonds. The lowest BCUT2D eigenvalue weighted by molar-refractivity contribution is -0.122. The Kier molecular flexibility index (Phi) is 4.98. The molecule has 0 spiro atoms. The van der Waals surface area contributed by atoms with E-state index in [-0.39, 0.29) is 11.9 Å². The second kappa shape index (κ2) is 6.27. The standard InChI is InChI=1S/C11H20N4O/c1-4-12-11(16)9(3)13-8-10-6-7-14-15(10)5-2/h6-7,9,13H,4-5,8H2,1-3H3,(H,12,16). The molecule has 5 nitrogen and oxygen atoms in total. The zero-order valence-corrected chi connectivity index (χ0v) is 10.2. The van der Waals surface area contributed by atoms with Crippen LogP contribution in [0.4, 0.5) is 0 Å². The molecule has 90 valence electrons. The molecule has 16 heavy (non-hydrogen) atoms. The lowest BCUT2D eigenvalue weighted by atomic mass is 10.3. The van der Waals surface area contributed by atoms with E-state index in [0.29, 0.717) is 13.1 Å². The summed E-state index contributed by atoms with van der Waals surface area (Å²) in [5.74, 6) is 0.0325. The molecule has 0 aromatic carbocycles. The van der Waals surface area contributed by atoms with Crippen LogP contribution < -0.4 is 10.6 Å². The van der Waals surface area contributed by atoms with Gasteiger partial charge in [0.25, 0.3) is 0 Å². The van der Waals surface area contributed by atoms with Crippen LogP contribution in [0.25, 0.3) is 0 Å². The summed E-state index contributed by atoms with van der Waals surface area (Å²) in [5.41, 5.74) is 1.10. The van der Waals surface area contributed by atoms with Gasteiger partial charge in [0.1, 0.15) is 0 Å². The minimum atomic E-state index is -0.180. The number of nitrogens with zero attached hydrogens (tertiary/aromatic N) is 2. The molecule has 0 saturated carbocycles. The highest BCUT2D eigenvalue weighted by atomic mass is 16.2. The van der Waals surface area contributed by atoms with Gasteiger partial charge in [0, 0.05) is 25.8 Å². The van der Waals surface area contributed by atoms with Crippen LogP contribution in [0.5, 0.6) is 0 Å². The van der Waals surface area contributed by atoms with Crippen LogP contribution in [0.1, 0.15) is 26.5 Å². The van der Waals surface area contributed by atoms with Gasteiger partial charge in [-0.25, -0.2) is 0 Å². The van der Waals surface area contributed by atoms with Gasteiger partial charge < -0.3 is 10.6 Å². The summed E-state index contributed by atoms with van der Waals surface area (Å²) in [6.07, 6.45) is 1.78. The minimum absolute atomic E-state index is 0.0325. The summed E-state index contributed by atoms with van der Waals surface area (Å²) < 4.78 is 1.91. The van der Waals surface area contributed by atoms with Crippen molar-refractivity contribution >= 4 is 5.91 Å². The van der Waals surface area contributed by atoms with Crippen molar-refractivity contribution in [1.29, 1.82) is 0 Å². The van der Waals surface area contributed by atoms with Crippen LogP contribution in [0.3, 0.4) is 0 Å². The number of likely N-dealkylation sites (N-methyl/N-ethyl adjacent to an activating group) is 1. The molecular formula is C11H20N4O. The highest BCUT2D eigenvalue weighted by Gasteiger charge is 2.11. The van der Waals surface area contributed by atoms with Gasteiger partial charge in [-0.15, -0.1) is 0 Å². The smallest absolute Gasteiger partial charge is 0.236 e. The Morgan fingerprint density at radius 2 is 2.31 bits per heavy atom. The molecule has 1 aromatic rings. The molecule has 0 aliphatic heterocycles. The third-order valence-corrected chi connectivity index (χ3v) is 2.44. The van der Waals surface area contributed by atoms with Gasteiger partial charge in [0.2, 0.25) is 5.91 Å². The lowest BCUT2D eigenvalue weighted by Gasteiger charge is -2.13. The van der Waals surface area contributed by atoms with Gasteiger partial charge in [-0.2, -0.15) is 5.10 Å². The molecule has 1 aromatic heterocycles. The highest BCUT2D eigenvalue weighted by Crippen LogP contribution is 1.98. The van der Waals surface area contributed by atoms with Gasteiger partial charge in [0.05, 0.1) is 11.7 Å². The zero-order valence-electron chi connectivity index (χ0n) is 10.2. The molecule has 1 rings (SSSR count). The molecule has 1 atom stereocenters. The van der Waals surface area contributed by atoms with Crippen molar-refractivity contribution in [3.05, 3.63) is 18.0 Å². The van der Waals surface area contributed by atoms with Crippen molar-refractivity contribution in [3.63, 3.8) is 0 Å². The maximum Gasteiger partial charge on any atom is 0.236 e. The number of hydrogen-bond donors (Lipinski definition) is 2. The minimum Gasteiger partial charge on any atom is -0.355 e. The van der Waals surface area contributed by atoms with Crippen molar-refractivity contribution in [1.82, 2.24) is 20.4 Å². The fourth-order valence-electron chi connectivity index (χ4n) is 1.47. The molecule has 5 heteroatoms. The Hall–Kier alpha value is -1.36. The Labute approximate surface area is 96.2 Å². The molecule has 0 fully saturated rings. The van der Waals surface area contributed by atoms with E-state index < -0.39 is 0 Å². The summed E-state index contributed by atoms with van der Waals surface area (Å²) in [4.78, 5) is 11.5. The van der Waals surface area contributed by atoms with Crippen LogP contribution >= 0.6 is 0 Å². The normalized spacial score (nSPS) is 12.4. The van der Waals surface area contributed by atoms with E-state index in [0.717, 1.165) is 12.2 Å². The van der Waals surface area contributed by atoms with Crippen LogP contribution in [0, 0.1) is 0 Å². The summed E-state index contributed by atoms with van der Waals surface area (Å²) in [6.45, 7) is 7.99. The number of aryl methyl sites for hydroxylation is 1. The average Bonchev–Trinajstić information content (AvgIpc) is 2.73. The number of carbonyl (C=O) groups is 1. The Morgan fingerprint density at radius 1 is 1.56 bits per heavy atom. The number of rotatable bonds is 6. The Morgan fingerprint density at radius 3 is 2.94 bits per heavy atom. The average molecular weight is 224 g/mol. The maximum absolute atomic E-state index is 11.5. The van der Waals surface area contributed by atoms with Crippen molar-refractivity contribution in [2.75, 3.05) is 6.54 Å². The fourth-order valence-corrected chi connectivity index (χ4v) is 1.47. The molecular weight excluding hydrogens is 204 g/mol. The van der Waals surface area contributed by atoms with Crippen molar-refractivity contribution in [2.24, 2.45) is 0 Å². The molecule has 0 radical (unpaired) electrons. The van der Waals surface area contributed by atoms with E-state index in [9.17, 15) is 4.79 Å². The number of amides is 1.